The second-order valence-electron chi connectivity index (χ2n) is 7.50. The SMILES string of the molecule is CCN1CCCC1CNC(=NC)NCCCCOC1CCCCCC1. The highest BCUT2D eigenvalue weighted by molar-refractivity contribution is 5.79. The van der Waals surface area contributed by atoms with Crippen molar-refractivity contribution in [1.82, 2.24) is 15.5 Å². The minimum atomic E-state index is 0.526. The van der Waals surface area contributed by atoms with E-state index < -0.39 is 0 Å². The normalized spacial score (nSPS) is 23.6. The average molecular weight is 353 g/mol. The van der Waals surface area contributed by atoms with Crippen molar-refractivity contribution in [2.24, 2.45) is 4.99 Å². The number of nitrogens with zero attached hydrogens (tertiary/aromatic N) is 2. The molecule has 0 aromatic carbocycles. The van der Waals surface area contributed by atoms with Crippen molar-refractivity contribution in [3.8, 4) is 0 Å². The Morgan fingerprint density at radius 3 is 2.56 bits per heavy atom. The lowest BCUT2D eigenvalue weighted by Crippen LogP contribution is -2.45. The van der Waals surface area contributed by atoms with Gasteiger partial charge in [0.2, 0.25) is 0 Å². The van der Waals surface area contributed by atoms with Gasteiger partial charge in [0.05, 0.1) is 6.10 Å². The molecule has 0 spiro atoms. The lowest BCUT2D eigenvalue weighted by Gasteiger charge is -2.24. The molecule has 2 fully saturated rings. The number of ether oxygens (including phenoxy) is 1. The summed E-state index contributed by atoms with van der Waals surface area (Å²) in [6.45, 7) is 7.53. The van der Waals surface area contributed by atoms with Gasteiger partial charge < -0.3 is 15.4 Å². The van der Waals surface area contributed by atoms with Crippen LogP contribution in [0.25, 0.3) is 0 Å². The van der Waals surface area contributed by atoms with Gasteiger partial charge in [-0.3, -0.25) is 9.89 Å². The zero-order valence-corrected chi connectivity index (χ0v) is 16.6. The predicted octanol–water partition coefficient (Wildman–Crippen LogP) is 3.16. The van der Waals surface area contributed by atoms with Crippen LogP contribution in [0.2, 0.25) is 0 Å². The Hall–Kier alpha value is -0.810. The molecule has 2 rings (SSSR count). The fourth-order valence-electron chi connectivity index (χ4n) is 4.07. The van der Waals surface area contributed by atoms with Crippen LogP contribution in [-0.2, 0) is 4.74 Å². The summed E-state index contributed by atoms with van der Waals surface area (Å²) in [6, 6.07) is 0.663. The van der Waals surface area contributed by atoms with Gasteiger partial charge in [0.15, 0.2) is 5.96 Å². The molecule has 5 heteroatoms. The van der Waals surface area contributed by atoms with E-state index in [2.05, 4.69) is 27.4 Å². The number of hydrogen-bond donors (Lipinski definition) is 2. The number of unbranched alkanes of at least 4 members (excludes halogenated alkanes) is 1. The topological polar surface area (TPSA) is 48.9 Å². The van der Waals surface area contributed by atoms with Crippen molar-refractivity contribution in [1.29, 1.82) is 0 Å². The first-order valence-electron chi connectivity index (χ1n) is 10.6. The maximum absolute atomic E-state index is 6.06. The van der Waals surface area contributed by atoms with Gasteiger partial charge in [-0.1, -0.05) is 32.6 Å². The molecule has 1 aliphatic heterocycles. The molecule has 0 bridgehead atoms. The number of nitrogens with one attached hydrogen (secondary N) is 2. The lowest BCUT2D eigenvalue weighted by molar-refractivity contribution is 0.0411. The second-order valence-corrected chi connectivity index (χ2v) is 7.50. The maximum atomic E-state index is 6.06. The Balaban J connectivity index is 1.49. The zero-order valence-electron chi connectivity index (χ0n) is 16.6. The van der Waals surface area contributed by atoms with Crippen LogP contribution < -0.4 is 10.6 Å². The van der Waals surface area contributed by atoms with Crippen LogP contribution >= 0.6 is 0 Å². The summed E-state index contributed by atoms with van der Waals surface area (Å²) in [6.07, 6.45) is 13.5. The first-order valence-corrected chi connectivity index (χ1v) is 10.6. The van der Waals surface area contributed by atoms with E-state index in [0.717, 1.165) is 45.0 Å². The van der Waals surface area contributed by atoms with Crippen molar-refractivity contribution >= 4 is 5.96 Å². The number of aliphatic imine (C=N–C) groups is 1. The van der Waals surface area contributed by atoms with Crippen LogP contribution in [0, 0.1) is 0 Å². The van der Waals surface area contributed by atoms with Crippen molar-refractivity contribution in [3.63, 3.8) is 0 Å². The molecule has 5 nitrogen and oxygen atoms in total. The summed E-state index contributed by atoms with van der Waals surface area (Å²) in [5.41, 5.74) is 0. The van der Waals surface area contributed by atoms with Gasteiger partial charge in [-0.25, -0.2) is 0 Å². The van der Waals surface area contributed by atoms with E-state index in [4.69, 9.17) is 4.74 Å². The largest absolute Gasteiger partial charge is 0.378 e. The molecule has 2 aliphatic rings. The summed E-state index contributed by atoms with van der Waals surface area (Å²) in [4.78, 5) is 6.91. The third-order valence-electron chi connectivity index (χ3n) is 5.65. The van der Waals surface area contributed by atoms with E-state index in [1.807, 2.05) is 7.05 Å². The zero-order chi connectivity index (χ0) is 17.7. The number of rotatable bonds is 9. The molecule has 1 atom stereocenters. The summed E-state index contributed by atoms with van der Waals surface area (Å²) >= 11 is 0. The molecule has 0 radical (unpaired) electrons. The van der Waals surface area contributed by atoms with Crippen LogP contribution in [0.4, 0.5) is 0 Å². The first-order chi connectivity index (χ1) is 12.3. The fourth-order valence-corrected chi connectivity index (χ4v) is 4.07. The van der Waals surface area contributed by atoms with Crippen molar-refractivity contribution < 1.29 is 4.74 Å². The highest BCUT2D eigenvalue weighted by atomic mass is 16.5. The maximum Gasteiger partial charge on any atom is 0.191 e. The monoisotopic (exact) mass is 352 g/mol. The van der Waals surface area contributed by atoms with Crippen molar-refractivity contribution in [2.75, 3.05) is 39.8 Å². The minimum Gasteiger partial charge on any atom is -0.378 e. The molecule has 0 aromatic heterocycles. The Labute approximate surface area is 155 Å². The summed E-state index contributed by atoms with van der Waals surface area (Å²) < 4.78 is 6.06. The third kappa shape index (κ3) is 7.95. The quantitative estimate of drug-likeness (QED) is 0.290. The fraction of sp³-hybridized carbons (Fsp3) is 0.950. The van der Waals surface area contributed by atoms with Crippen LogP contribution in [0.5, 0.6) is 0 Å². The molecule has 25 heavy (non-hydrogen) atoms. The molecular weight excluding hydrogens is 312 g/mol. The Bertz CT molecular complexity index is 367. The van der Waals surface area contributed by atoms with E-state index in [1.165, 1.54) is 57.9 Å². The molecule has 1 saturated carbocycles. The molecule has 1 aliphatic carbocycles. The second kappa shape index (κ2) is 12.5. The van der Waals surface area contributed by atoms with E-state index in [9.17, 15) is 0 Å². The van der Waals surface area contributed by atoms with Crippen LogP contribution in [0.1, 0.15) is 71.1 Å². The van der Waals surface area contributed by atoms with Crippen molar-refractivity contribution in [3.05, 3.63) is 0 Å². The van der Waals surface area contributed by atoms with E-state index in [-0.39, 0.29) is 0 Å². The van der Waals surface area contributed by atoms with Gasteiger partial charge in [-0.05, 0) is 51.6 Å². The Morgan fingerprint density at radius 1 is 1.04 bits per heavy atom. The Kier molecular flexibility index (Phi) is 10.3. The van der Waals surface area contributed by atoms with Gasteiger partial charge >= 0.3 is 0 Å². The Morgan fingerprint density at radius 2 is 1.84 bits per heavy atom. The number of likely N-dealkylation sites (N-methyl/N-ethyl adjacent to an activating group) is 1. The highest BCUT2D eigenvalue weighted by Gasteiger charge is 2.22. The van der Waals surface area contributed by atoms with E-state index >= 15 is 0 Å². The van der Waals surface area contributed by atoms with E-state index in [0.29, 0.717) is 12.1 Å². The summed E-state index contributed by atoms with van der Waals surface area (Å²) in [5, 5.41) is 6.93. The number of hydrogen-bond acceptors (Lipinski definition) is 3. The van der Waals surface area contributed by atoms with Gasteiger partial charge in [0, 0.05) is 32.8 Å². The van der Waals surface area contributed by atoms with Crippen molar-refractivity contribution in [2.45, 2.75) is 83.3 Å². The summed E-state index contributed by atoms with van der Waals surface area (Å²) in [5.74, 6) is 0.938. The molecule has 1 saturated heterocycles. The molecule has 0 amide bonds. The predicted molar refractivity (Wildman–Crippen MR) is 106 cm³/mol. The third-order valence-corrected chi connectivity index (χ3v) is 5.65. The standard InChI is InChI=1S/C20H40N4O/c1-3-24-15-10-11-18(24)17-23-20(21-2)22-14-8-9-16-25-19-12-6-4-5-7-13-19/h18-19H,3-17H2,1-2H3,(H2,21,22,23). The molecule has 146 valence electrons. The van der Waals surface area contributed by atoms with Crippen LogP contribution in [-0.4, -0.2) is 62.8 Å². The molecule has 1 heterocycles. The number of likely N-dealkylation sites (tertiary alicyclic amines) is 1. The summed E-state index contributed by atoms with van der Waals surface area (Å²) in [7, 11) is 1.86. The molecule has 0 aromatic rings. The van der Waals surface area contributed by atoms with E-state index in [1.54, 1.807) is 0 Å². The first kappa shape index (κ1) is 20.5. The van der Waals surface area contributed by atoms with Gasteiger partial charge in [-0.15, -0.1) is 0 Å². The molecule has 2 N–H and O–H groups in total. The smallest absolute Gasteiger partial charge is 0.191 e. The molecular formula is C20H40N4O. The molecule has 1 unspecified atom stereocenters. The number of guanidine groups is 1. The van der Waals surface area contributed by atoms with Crippen LogP contribution in [0.3, 0.4) is 0 Å². The van der Waals surface area contributed by atoms with Gasteiger partial charge in [0.25, 0.3) is 0 Å². The van der Waals surface area contributed by atoms with Crippen LogP contribution in [0.15, 0.2) is 4.99 Å². The lowest BCUT2D eigenvalue weighted by atomic mass is 10.1. The minimum absolute atomic E-state index is 0.526. The van der Waals surface area contributed by atoms with Gasteiger partial charge in [0.1, 0.15) is 0 Å². The highest BCUT2D eigenvalue weighted by Crippen LogP contribution is 2.20. The average Bonchev–Trinajstić information content (AvgIpc) is 2.94. The van der Waals surface area contributed by atoms with Gasteiger partial charge in [-0.2, -0.15) is 0 Å².